The summed E-state index contributed by atoms with van der Waals surface area (Å²) in [7, 11) is -1.35. The second-order valence-corrected chi connectivity index (χ2v) is 12.6. The number of anilines is 1. The van der Waals surface area contributed by atoms with Gasteiger partial charge in [-0.05, 0) is 30.7 Å². The van der Waals surface area contributed by atoms with Gasteiger partial charge in [0.05, 0.1) is 36.6 Å². The molecule has 1 amide bonds. The Morgan fingerprint density at radius 3 is 2.54 bits per heavy atom. The van der Waals surface area contributed by atoms with E-state index < -0.39 is 16.1 Å². The van der Waals surface area contributed by atoms with Crippen molar-refractivity contribution in [3.63, 3.8) is 0 Å². The summed E-state index contributed by atoms with van der Waals surface area (Å²) in [5.74, 6) is 0.667. The first-order chi connectivity index (χ1) is 19.6. The van der Waals surface area contributed by atoms with E-state index in [1.54, 1.807) is 10.9 Å². The van der Waals surface area contributed by atoms with Crippen LogP contribution in [-0.4, -0.2) is 98.6 Å². The molecule has 0 saturated carbocycles. The highest BCUT2D eigenvalue weighted by atomic mass is 32.2. The summed E-state index contributed by atoms with van der Waals surface area (Å²) >= 11 is 0. The van der Waals surface area contributed by atoms with E-state index in [0.29, 0.717) is 61.4 Å². The number of rotatable bonds is 9. The number of amides is 1. The molecular formula is C27H37N7O6S. The molecule has 1 N–H and O–H groups in total. The SMILES string of the molecule is CC(C)c1nn(-c2ccnc(N3CCOCC3)c2)c2nc(C(=O)NS(=O)(=O)N(C)C)cc(OCC3CCOCC3)c12. The molecule has 0 aromatic carbocycles. The summed E-state index contributed by atoms with van der Waals surface area (Å²) in [6, 6.07) is 5.26. The molecule has 2 saturated heterocycles. The fraction of sp³-hybridized carbons (Fsp3) is 0.556. The van der Waals surface area contributed by atoms with Gasteiger partial charge in [-0.2, -0.15) is 17.8 Å². The van der Waals surface area contributed by atoms with Crippen LogP contribution in [0, 0.1) is 5.92 Å². The van der Waals surface area contributed by atoms with E-state index in [9.17, 15) is 13.2 Å². The molecule has 14 heteroatoms. The topological polar surface area (TPSA) is 141 Å². The maximum Gasteiger partial charge on any atom is 0.303 e. The Bertz CT molecular complexity index is 1500. The van der Waals surface area contributed by atoms with Gasteiger partial charge < -0.3 is 19.1 Å². The van der Waals surface area contributed by atoms with E-state index in [1.807, 2.05) is 26.0 Å². The van der Waals surface area contributed by atoms with Crippen LogP contribution in [0.15, 0.2) is 24.4 Å². The zero-order chi connectivity index (χ0) is 29.1. The predicted molar refractivity (Wildman–Crippen MR) is 153 cm³/mol. The lowest BCUT2D eigenvalue weighted by molar-refractivity contribution is 0.0499. The highest BCUT2D eigenvalue weighted by molar-refractivity contribution is 7.87. The number of fused-ring (bicyclic) bond motifs is 1. The fourth-order valence-corrected chi connectivity index (χ4v) is 5.33. The van der Waals surface area contributed by atoms with E-state index in [0.717, 1.165) is 41.7 Å². The number of nitrogens with zero attached hydrogens (tertiary/aromatic N) is 6. The fourth-order valence-electron chi connectivity index (χ4n) is 4.81. The van der Waals surface area contributed by atoms with Crippen molar-refractivity contribution in [1.29, 1.82) is 0 Å². The Balaban J connectivity index is 1.62. The van der Waals surface area contributed by atoms with E-state index in [-0.39, 0.29) is 11.6 Å². The molecule has 0 aliphatic carbocycles. The second kappa shape index (κ2) is 12.3. The average Bonchev–Trinajstić information content (AvgIpc) is 3.37. The van der Waals surface area contributed by atoms with E-state index in [2.05, 4.69) is 19.6 Å². The lowest BCUT2D eigenvalue weighted by Gasteiger charge is -2.27. The maximum atomic E-state index is 13.2. The number of hydrogen-bond donors (Lipinski definition) is 1. The van der Waals surface area contributed by atoms with Gasteiger partial charge in [0.25, 0.3) is 5.91 Å². The largest absolute Gasteiger partial charge is 0.492 e. The number of ether oxygens (including phenoxy) is 3. The second-order valence-electron chi connectivity index (χ2n) is 10.7. The third-order valence-corrected chi connectivity index (χ3v) is 8.64. The Labute approximate surface area is 240 Å². The summed E-state index contributed by atoms with van der Waals surface area (Å²) < 4.78 is 46.9. The van der Waals surface area contributed by atoms with Crippen LogP contribution in [0.1, 0.15) is 48.8 Å². The van der Waals surface area contributed by atoms with Crippen LogP contribution in [0.25, 0.3) is 16.7 Å². The molecule has 0 bridgehead atoms. The molecule has 41 heavy (non-hydrogen) atoms. The molecule has 2 aliphatic rings. The van der Waals surface area contributed by atoms with Gasteiger partial charge in [0.15, 0.2) is 5.65 Å². The number of pyridine rings is 2. The van der Waals surface area contributed by atoms with Gasteiger partial charge in [-0.15, -0.1) is 0 Å². The lowest BCUT2D eigenvalue weighted by Crippen LogP contribution is -2.39. The number of carbonyl (C=O) groups is 1. The molecule has 3 aromatic rings. The lowest BCUT2D eigenvalue weighted by atomic mass is 10.0. The third kappa shape index (κ3) is 6.45. The summed E-state index contributed by atoms with van der Waals surface area (Å²) in [6.07, 6.45) is 3.46. The van der Waals surface area contributed by atoms with Crippen LogP contribution in [0.4, 0.5) is 5.82 Å². The molecule has 2 aliphatic heterocycles. The Morgan fingerprint density at radius 2 is 1.85 bits per heavy atom. The quantitative estimate of drug-likeness (QED) is 0.396. The molecule has 0 spiro atoms. The van der Waals surface area contributed by atoms with Gasteiger partial charge >= 0.3 is 10.2 Å². The minimum absolute atomic E-state index is 0.0142. The van der Waals surface area contributed by atoms with Crippen LogP contribution in [0.3, 0.4) is 0 Å². The van der Waals surface area contributed by atoms with Crippen molar-refractivity contribution in [3.05, 3.63) is 35.8 Å². The number of nitrogens with one attached hydrogen (secondary N) is 1. The molecule has 0 atom stereocenters. The minimum Gasteiger partial charge on any atom is -0.492 e. The van der Waals surface area contributed by atoms with Gasteiger partial charge in [0.2, 0.25) is 0 Å². The van der Waals surface area contributed by atoms with Crippen LogP contribution in [0.5, 0.6) is 5.75 Å². The molecule has 0 unspecified atom stereocenters. The van der Waals surface area contributed by atoms with Gasteiger partial charge in [0.1, 0.15) is 17.3 Å². The minimum atomic E-state index is -4.04. The van der Waals surface area contributed by atoms with Crippen molar-refractivity contribution in [2.24, 2.45) is 5.92 Å². The van der Waals surface area contributed by atoms with Gasteiger partial charge in [-0.25, -0.2) is 19.4 Å². The molecule has 2 fully saturated rings. The van der Waals surface area contributed by atoms with Crippen molar-refractivity contribution in [3.8, 4) is 11.4 Å². The van der Waals surface area contributed by atoms with Gasteiger partial charge in [0, 0.05) is 58.7 Å². The summed E-state index contributed by atoms with van der Waals surface area (Å²) in [5, 5.41) is 5.61. The zero-order valence-electron chi connectivity index (χ0n) is 23.9. The molecule has 5 heterocycles. The molecule has 3 aromatic heterocycles. The highest BCUT2D eigenvalue weighted by Crippen LogP contribution is 2.35. The van der Waals surface area contributed by atoms with E-state index >= 15 is 0 Å². The van der Waals surface area contributed by atoms with Crippen molar-refractivity contribution in [1.82, 2.24) is 28.8 Å². The van der Waals surface area contributed by atoms with Gasteiger partial charge in [-0.1, -0.05) is 13.8 Å². The standard InChI is InChI=1S/C27H37N7O6S/c1-18(2)25-24-22(40-17-19-6-11-38-12-7-19)16-21(27(35)31-41(36,37)32(3)4)29-26(24)34(30-25)20-5-8-28-23(15-20)33-9-13-39-14-10-33/h5,8,15-16,18-19H,6-7,9-14,17H2,1-4H3,(H,31,35). The monoisotopic (exact) mass is 587 g/mol. The first-order valence-corrected chi connectivity index (χ1v) is 15.3. The van der Waals surface area contributed by atoms with E-state index in [4.69, 9.17) is 19.3 Å². The summed E-state index contributed by atoms with van der Waals surface area (Å²) in [5.41, 5.74) is 1.76. The number of morpholine rings is 1. The molecular weight excluding hydrogens is 550 g/mol. The maximum absolute atomic E-state index is 13.2. The first kappa shape index (κ1) is 29.2. The summed E-state index contributed by atoms with van der Waals surface area (Å²) in [4.78, 5) is 24.5. The van der Waals surface area contributed by atoms with Crippen molar-refractivity contribution >= 4 is 33.0 Å². The zero-order valence-corrected chi connectivity index (χ0v) is 24.7. The van der Waals surface area contributed by atoms with Crippen LogP contribution in [0.2, 0.25) is 0 Å². The number of carbonyl (C=O) groups excluding carboxylic acids is 1. The van der Waals surface area contributed by atoms with E-state index in [1.165, 1.54) is 20.2 Å². The molecule has 0 radical (unpaired) electrons. The molecule has 222 valence electrons. The molecule has 13 nitrogen and oxygen atoms in total. The van der Waals surface area contributed by atoms with Crippen molar-refractivity contribution in [2.75, 3.05) is 65.1 Å². The normalized spacial score (nSPS) is 17.0. The van der Waals surface area contributed by atoms with Crippen molar-refractivity contribution < 1.29 is 27.4 Å². The van der Waals surface area contributed by atoms with Gasteiger partial charge in [-0.3, -0.25) is 4.79 Å². The first-order valence-electron chi connectivity index (χ1n) is 13.8. The molecule has 5 rings (SSSR count). The smallest absolute Gasteiger partial charge is 0.303 e. The Hall–Kier alpha value is -3.33. The van der Waals surface area contributed by atoms with Crippen LogP contribution < -0.4 is 14.4 Å². The number of hydrogen-bond acceptors (Lipinski definition) is 10. The third-order valence-electron chi connectivity index (χ3n) is 7.23. The Kier molecular flexibility index (Phi) is 8.73. The highest BCUT2D eigenvalue weighted by Gasteiger charge is 2.27. The van der Waals surface area contributed by atoms with Crippen LogP contribution >= 0.6 is 0 Å². The summed E-state index contributed by atoms with van der Waals surface area (Å²) in [6.45, 7) is 8.54. The Morgan fingerprint density at radius 1 is 1.15 bits per heavy atom. The average molecular weight is 588 g/mol. The van der Waals surface area contributed by atoms with Crippen molar-refractivity contribution in [2.45, 2.75) is 32.6 Å². The number of aromatic nitrogens is 4. The van der Waals surface area contributed by atoms with Crippen LogP contribution in [-0.2, 0) is 19.7 Å². The predicted octanol–water partition coefficient (Wildman–Crippen LogP) is 2.12.